The molecule has 0 aromatic heterocycles. The maximum Gasteiger partial charge on any atom is 0.573 e. The number of hydrogen-bond acceptors (Lipinski definition) is 6. The summed E-state index contributed by atoms with van der Waals surface area (Å²) in [6.45, 7) is 8.80. The fraction of sp³-hybridized carbons (Fsp3) is 0.469. The molecule has 5 rings (SSSR count). The Morgan fingerprint density at radius 3 is 2.22 bits per heavy atom. The van der Waals surface area contributed by atoms with E-state index in [1.165, 1.54) is 25.1 Å². The molecule has 1 unspecified atom stereocenters. The van der Waals surface area contributed by atoms with Crippen molar-refractivity contribution in [2.45, 2.75) is 70.9 Å². The molecule has 0 bridgehead atoms. The van der Waals surface area contributed by atoms with E-state index < -0.39 is 28.5 Å². The largest absolute Gasteiger partial charge is 0.573 e. The van der Waals surface area contributed by atoms with Crippen molar-refractivity contribution in [2.24, 2.45) is 4.99 Å². The number of nitrogens with zero attached hydrogens (tertiary/aromatic N) is 3. The van der Waals surface area contributed by atoms with Crippen molar-refractivity contribution in [3.63, 3.8) is 0 Å². The van der Waals surface area contributed by atoms with Gasteiger partial charge in [-0.25, -0.2) is 8.51 Å². The summed E-state index contributed by atoms with van der Waals surface area (Å²) in [5.41, 5.74) is 2.18. The Kier molecular flexibility index (Phi) is 9.00. The molecule has 45 heavy (non-hydrogen) atoms. The third-order valence-electron chi connectivity index (χ3n) is 8.78. The molecule has 0 aliphatic carbocycles. The predicted octanol–water partition coefficient (Wildman–Crippen LogP) is 4.54. The molecule has 2 saturated heterocycles. The van der Waals surface area contributed by atoms with E-state index >= 15 is 0 Å². The number of ether oxygens (including phenoxy) is 1. The number of aliphatic hydroxyl groups is 1. The predicted molar refractivity (Wildman–Crippen MR) is 165 cm³/mol. The van der Waals surface area contributed by atoms with Gasteiger partial charge < -0.3 is 20.1 Å². The molecule has 1 spiro atoms. The van der Waals surface area contributed by atoms with Crippen LogP contribution in [-0.4, -0.2) is 79.9 Å². The molecule has 1 atom stereocenters. The first kappa shape index (κ1) is 32.8. The fourth-order valence-electron chi connectivity index (χ4n) is 6.01. The van der Waals surface area contributed by atoms with Gasteiger partial charge in [-0.2, -0.15) is 0 Å². The van der Waals surface area contributed by atoms with E-state index in [9.17, 15) is 32.1 Å². The van der Waals surface area contributed by atoms with Crippen LogP contribution in [-0.2, 0) is 15.8 Å². The van der Waals surface area contributed by atoms with Gasteiger partial charge in [-0.15, -0.1) is 13.2 Å². The molecule has 0 saturated carbocycles. The molecule has 3 aliphatic heterocycles. The van der Waals surface area contributed by atoms with E-state index in [2.05, 4.69) is 15.0 Å². The van der Waals surface area contributed by atoms with Gasteiger partial charge in [-0.05, 0) is 112 Å². The van der Waals surface area contributed by atoms with Gasteiger partial charge in [0, 0.05) is 42.7 Å². The minimum absolute atomic E-state index is 0.0672. The maximum absolute atomic E-state index is 13.2. The molecule has 3 heterocycles. The SMILES string of the molecule is Cc1cc(C2=NC3(CCN(S(=O)/C=C/c4c(C)cc(C(=O)N5CCC(C)(O)CC5)cc4C)CC3)C(=O)N2)ccc1OC(F)(F)F. The van der Waals surface area contributed by atoms with Gasteiger partial charge in [0.05, 0.1) is 5.60 Å². The summed E-state index contributed by atoms with van der Waals surface area (Å²) in [6, 6.07) is 7.78. The minimum atomic E-state index is -4.81. The molecule has 3 aliphatic rings. The fourth-order valence-corrected chi connectivity index (χ4v) is 6.98. The number of benzene rings is 2. The summed E-state index contributed by atoms with van der Waals surface area (Å²) >= 11 is 0. The lowest BCUT2D eigenvalue weighted by Crippen LogP contribution is -2.49. The summed E-state index contributed by atoms with van der Waals surface area (Å²) < 4.78 is 56.9. The number of rotatable bonds is 6. The molecule has 0 radical (unpaired) electrons. The number of nitrogens with one attached hydrogen (secondary N) is 1. The number of hydrogen-bond donors (Lipinski definition) is 2. The number of carbonyl (C=O) groups is 2. The Balaban J connectivity index is 1.21. The average Bonchev–Trinajstić information content (AvgIpc) is 3.27. The number of aliphatic imine (C=N–C) groups is 1. The van der Waals surface area contributed by atoms with Crippen molar-refractivity contribution in [1.29, 1.82) is 0 Å². The highest BCUT2D eigenvalue weighted by atomic mass is 32.2. The van der Waals surface area contributed by atoms with Gasteiger partial charge in [0.2, 0.25) is 0 Å². The number of carbonyl (C=O) groups excluding carboxylic acids is 2. The number of amides is 2. The zero-order chi connectivity index (χ0) is 32.7. The van der Waals surface area contributed by atoms with Crippen molar-refractivity contribution in [3.05, 3.63) is 69.1 Å². The van der Waals surface area contributed by atoms with Crippen molar-refractivity contribution < 1.29 is 36.8 Å². The van der Waals surface area contributed by atoms with Crippen molar-refractivity contribution in [2.75, 3.05) is 26.2 Å². The lowest BCUT2D eigenvalue weighted by atomic mass is 9.89. The van der Waals surface area contributed by atoms with E-state index in [4.69, 9.17) is 0 Å². The number of alkyl halides is 3. The molecular weight excluding hydrogens is 609 g/mol. The zero-order valence-electron chi connectivity index (χ0n) is 25.7. The van der Waals surface area contributed by atoms with Crippen LogP contribution in [0.2, 0.25) is 0 Å². The van der Waals surface area contributed by atoms with Crippen LogP contribution in [0.3, 0.4) is 0 Å². The number of piperidine rings is 2. The second-order valence-electron chi connectivity index (χ2n) is 12.3. The van der Waals surface area contributed by atoms with E-state index in [0.29, 0.717) is 63.0 Å². The quantitative estimate of drug-likeness (QED) is 0.479. The van der Waals surface area contributed by atoms with E-state index in [0.717, 1.165) is 16.7 Å². The summed E-state index contributed by atoms with van der Waals surface area (Å²) in [5, 5.41) is 14.6. The van der Waals surface area contributed by atoms with Crippen LogP contribution < -0.4 is 10.1 Å². The second-order valence-corrected chi connectivity index (χ2v) is 13.6. The first-order chi connectivity index (χ1) is 21.1. The van der Waals surface area contributed by atoms with Crippen molar-refractivity contribution in [3.8, 4) is 5.75 Å². The zero-order valence-corrected chi connectivity index (χ0v) is 26.5. The van der Waals surface area contributed by atoms with Gasteiger partial charge in [-0.3, -0.25) is 14.6 Å². The standard InChI is InChI=1S/C32H37F3N4O5S/c1-20-17-24(28(40)38-12-8-30(4,42)9-13-38)18-21(2)25(20)7-16-45(43)39-14-10-31(11-15-39)29(41)36-27(37-31)23-5-6-26(22(3)19-23)44-32(33,34)35/h5-7,16-19,42H,8-15H2,1-4H3,(H,36,37,41)/b16-7+. The van der Waals surface area contributed by atoms with Gasteiger partial charge in [0.25, 0.3) is 11.8 Å². The summed E-state index contributed by atoms with van der Waals surface area (Å²) in [4.78, 5) is 32.5. The van der Waals surface area contributed by atoms with Crippen molar-refractivity contribution >= 4 is 34.7 Å². The highest BCUT2D eigenvalue weighted by Crippen LogP contribution is 2.33. The average molecular weight is 647 g/mol. The third kappa shape index (κ3) is 7.31. The minimum Gasteiger partial charge on any atom is -0.406 e. The van der Waals surface area contributed by atoms with Crippen molar-refractivity contribution in [1.82, 2.24) is 14.5 Å². The topological polar surface area (TPSA) is 112 Å². The van der Waals surface area contributed by atoms with Crippen LogP contribution in [0.4, 0.5) is 13.2 Å². The Morgan fingerprint density at radius 1 is 1.02 bits per heavy atom. The highest BCUT2D eigenvalue weighted by molar-refractivity contribution is 7.85. The molecule has 2 aromatic rings. The molecule has 13 heteroatoms. The monoisotopic (exact) mass is 646 g/mol. The molecule has 242 valence electrons. The molecule has 2 N–H and O–H groups in total. The number of halogens is 3. The first-order valence-corrected chi connectivity index (χ1v) is 16.0. The maximum atomic E-state index is 13.2. The van der Waals surface area contributed by atoms with Gasteiger partial charge >= 0.3 is 6.36 Å². The number of likely N-dealkylation sites (tertiary alicyclic amines) is 1. The van der Waals surface area contributed by atoms with Crippen LogP contribution in [0.1, 0.15) is 70.8 Å². The number of aryl methyl sites for hydroxylation is 3. The Hall–Kier alpha value is -3.55. The number of amidine groups is 1. The van der Waals surface area contributed by atoms with Gasteiger partial charge in [0.15, 0.2) is 0 Å². The van der Waals surface area contributed by atoms with Crippen LogP contribution in [0.25, 0.3) is 6.08 Å². The van der Waals surface area contributed by atoms with E-state index in [1.807, 2.05) is 26.0 Å². The third-order valence-corrected chi connectivity index (χ3v) is 10.0. The molecule has 9 nitrogen and oxygen atoms in total. The molecule has 2 fully saturated rings. The molecule has 2 amide bonds. The Morgan fingerprint density at radius 2 is 1.64 bits per heavy atom. The van der Waals surface area contributed by atoms with Crippen LogP contribution in [0.5, 0.6) is 5.75 Å². The summed E-state index contributed by atoms with van der Waals surface area (Å²) in [6.07, 6.45) is -1.27. The second kappa shape index (κ2) is 12.3. The first-order valence-electron chi connectivity index (χ1n) is 14.8. The Bertz CT molecular complexity index is 1560. The normalized spacial score (nSPS) is 20.8. The van der Waals surface area contributed by atoms with E-state index in [-0.39, 0.29) is 29.0 Å². The summed E-state index contributed by atoms with van der Waals surface area (Å²) in [7, 11) is -1.47. The Labute approximate surface area is 262 Å². The smallest absolute Gasteiger partial charge is 0.406 e. The summed E-state index contributed by atoms with van der Waals surface area (Å²) in [5.74, 6) is -0.390. The highest BCUT2D eigenvalue weighted by Gasteiger charge is 2.46. The lowest BCUT2D eigenvalue weighted by Gasteiger charge is -2.36. The molecular formula is C32H37F3N4O5S. The van der Waals surface area contributed by atoms with Crippen LogP contribution in [0, 0.1) is 20.8 Å². The van der Waals surface area contributed by atoms with E-state index in [1.54, 1.807) is 27.6 Å². The lowest BCUT2D eigenvalue weighted by molar-refractivity contribution is -0.274. The molecule has 2 aromatic carbocycles. The van der Waals surface area contributed by atoms with Gasteiger partial charge in [0.1, 0.15) is 28.1 Å². The van der Waals surface area contributed by atoms with Crippen LogP contribution >= 0.6 is 0 Å². The van der Waals surface area contributed by atoms with Crippen LogP contribution in [0.15, 0.2) is 40.7 Å². The van der Waals surface area contributed by atoms with Gasteiger partial charge in [-0.1, -0.05) is 0 Å².